The van der Waals surface area contributed by atoms with Gasteiger partial charge in [0.05, 0.1) is 0 Å². The Morgan fingerprint density at radius 1 is 0.900 bits per heavy atom. The molecule has 0 spiro atoms. The molecule has 0 aliphatic carbocycles. The Labute approximate surface area is 121 Å². The fourth-order valence-corrected chi connectivity index (χ4v) is 1.57. The number of carbonyl (C=O) groups is 1. The smallest absolute Gasteiger partial charge is 0.257 e. The number of hydrogen-bond donors (Lipinski definition) is 0. The van der Waals surface area contributed by atoms with E-state index in [0.717, 1.165) is 25.7 Å². The molecule has 0 saturated carbocycles. The molecule has 20 heavy (non-hydrogen) atoms. The van der Waals surface area contributed by atoms with E-state index in [1.807, 2.05) is 52.0 Å². The van der Waals surface area contributed by atoms with Crippen LogP contribution in [0.2, 0.25) is 0 Å². The second-order valence-electron chi connectivity index (χ2n) is 4.31. The van der Waals surface area contributed by atoms with Gasteiger partial charge in [0.15, 0.2) is 0 Å². The molecule has 0 saturated heterocycles. The lowest BCUT2D eigenvalue weighted by Gasteiger charge is -2.13. The topological polar surface area (TPSA) is 54.0 Å². The third-order valence-electron chi connectivity index (χ3n) is 2.44. The summed E-state index contributed by atoms with van der Waals surface area (Å²) in [5.41, 5.74) is 0. The molecule has 0 rings (SSSR count). The van der Waals surface area contributed by atoms with E-state index >= 15 is 0 Å². The number of rotatable bonds is 10. The van der Waals surface area contributed by atoms with Crippen LogP contribution in [0.1, 0.15) is 53.4 Å². The monoisotopic (exact) mass is 286 g/mol. The molecule has 0 aliphatic heterocycles. The minimum atomic E-state index is -0.999. The molecule has 0 aliphatic rings. The Bertz CT molecular complexity index is 271. The summed E-state index contributed by atoms with van der Waals surface area (Å²) in [5, 5.41) is 0. The maximum Gasteiger partial charge on any atom is 0.573 e. The molecule has 5 heteroatoms. The lowest BCUT2D eigenvalue weighted by molar-refractivity contribution is -0.338. The van der Waals surface area contributed by atoms with Gasteiger partial charge in [-0.05, 0) is 26.7 Å². The van der Waals surface area contributed by atoms with Gasteiger partial charge in [0.2, 0.25) is 0 Å². The fraction of sp³-hybridized carbons (Fsp3) is 0.667. The highest BCUT2D eigenvalue weighted by atomic mass is 17.3. The maximum absolute atomic E-state index is 11.3. The zero-order chi connectivity index (χ0) is 15.2. The van der Waals surface area contributed by atoms with E-state index in [0.29, 0.717) is 0 Å². The predicted octanol–water partition coefficient (Wildman–Crippen LogP) is 4.49. The Hall–Kier alpha value is -1.33. The first-order valence-corrected chi connectivity index (χ1v) is 7.14. The Morgan fingerprint density at radius 2 is 1.30 bits per heavy atom. The second-order valence-corrected chi connectivity index (χ2v) is 4.31. The van der Waals surface area contributed by atoms with Crippen molar-refractivity contribution >= 4 is 6.16 Å². The number of allylic oxidation sites excluding steroid dienone is 2. The third-order valence-corrected chi connectivity index (χ3v) is 2.44. The van der Waals surface area contributed by atoms with E-state index in [1.54, 1.807) is 0 Å². The largest absolute Gasteiger partial charge is 0.573 e. The number of hydrogen-bond acceptors (Lipinski definition) is 5. The first-order chi connectivity index (χ1) is 9.67. The zero-order valence-electron chi connectivity index (χ0n) is 12.8. The van der Waals surface area contributed by atoms with Gasteiger partial charge >= 0.3 is 6.16 Å². The molecule has 116 valence electrons. The standard InChI is InChI=1S/C15H26O5/c1-5-9-13(10-6-2)17-19-15(16)20-18-14(11-7-3)12-8-4/h5,7,9,11,13-14H,6,8,10,12H2,1-4H3/b9-5-,11-7-. The summed E-state index contributed by atoms with van der Waals surface area (Å²) in [4.78, 5) is 30.4. The maximum atomic E-state index is 11.3. The summed E-state index contributed by atoms with van der Waals surface area (Å²) < 4.78 is 0. The van der Waals surface area contributed by atoms with Crippen molar-refractivity contribution in [3.05, 3.63) is 24.3 Å². The van der Waals surface area contributed by atoms with Crippen molar-refractivity contribution in [2.75, 3.05) is 0 Å². The molecule has 0 N–H and O–H groups in total. The van der Waals surface area contributed by atoms with Gasteiger partial charge in [-0.1, -0.05) is 51.0 Å². The molecule has 0 bridgehead atoms. The summed E-state index contributed by atoms with van der Waals surface area (Å²) in [7, 11) is 0. The SMILES string of the molecule is C/C=C\C(CCC)OOC(=O)OOC(/C=C\C)CCC. The van der Waals surface area contributed by atoms with Gasteiger partial charge in [0.25, 0.3) is 0 Å². The van der Waals surface area contributed by atoms with Crippen LogP contribution < -0.4 is 0 Å². The second kappa shape index (κ2) is 12.7. The van der Waals surface area contributed by atoms with Crippen LogP contribution in [0.15, 0.2) is 24.3 Å². The molecule has 5 nitrogen and oxygen atoms in total. The molecule has 0 heterocycles. The van der Waals surface area contributed by atoms with Crippen LogP contribution in [0, 0.1) is 0 Å². The molecule has 2 unspecified atom stereocenters. The van der Waals surface area contributed by atoms with Crippen LogP contribution in [-0.2, 0) is 19.6 Å². The number of carbonyl (C=O) groups excluding carboxylic acids is 1. The summed E-state index contributed by atoms with van der Waals surface area (Å²) in [5.74, 6) is 0. The van der Waals surface area contributed by atoms with Gasteiger partial charge in [0, 0.05) is 0 Å². The highest BCUT2D eigenvalue weighted by molar-refractivity contribution is 5.58. The van der Waals surface area contributed by atoms with E-state index < -0.39 is 6.16 Å². The van der Waals surface area contributed by atoms with Crippen LogP contribution in [0.4, 0.5) is 4.79 Å². The van der Waals surface area contributed by atoms with E-state index in [1.165, 1.54) is 0 Å². The lowest BCUT2D eigenvalue weighted by atomic mass is 10.2. The average Bonchev–Trinajstić information content (AvgIpc) is 2.43. The molecule has 0 aromatic heterocycles. The first-order valence-electron chi connectivity index (χ1n) is 7.14. The van der Waals surface area contributed by atoms with Crippen molar-refractivity contribution in [1.82, 2.24) is 0 Å². The van der Waals surface area contributed by atoms with Crippen molar-refractivity contribution in [2.45, 2.75) is 65.6 Å². The van der Waals surface area contributed by atoms with Crippen LogP contribution >= 0.6 is 0 Å². The van der Waals surface area contributed by atoms with E-state index in [4.69, 9.17) is 9.78 Å². The highest BCUT2D eigenvalue weighted by Gasteiger charge is 2.14. The van der Waals surface area contributed by atoms with Crippen molar-refractivity contribution in [3.63, 3.8) is 0 Å². The van der Waals surface area contributed by atoms with Gasteiger partial charge in [-0.2, -0.15) is 14.6 Å². The van der Waals surface area contributed by atoms with Crippen LogP contribution in [0.3, 0.4) is 0 Å². The Morgan fingerprint density at radius 3 is 1.60 bits per heavy atom. The zero-order valence-corrected chi connectivity index (χ0v) is 12.8. The van der Waals surface area contributed by atoms with E-state index in [-0.39, 0.29) is 12.2 Å². The fourth-order valence-electron chi connectivity index (χ4n) is 1.57. The van der Waals surface area contributed by atoms with Gasteiger partial charge in [-0.15, -0.1) is 0 Å². The molecule has 0 aromatic rings. The predicted molar refractivity (Wildman–Crippen MR) is 76.8 cm³/mol. The summed E-state index contributed by atoms with van der Waals surface area (Å²) in [6, 6.07) is 0. The molecule has 0 fully saturated rings. The van der Waals surface area contributed by atoms with Crippen molar-refractivity contribution in [1.29, 1.82) is 0 Å². The van der Waals surface area contributed by atoms with Gasteiger partial charge in [-0.3, -0.25) is 9.78 Å². The quantitative estimate of drug-likeness (QED) is 0.336. The molecule has 0 aromatic carbocycles. The van der Waals surface area contributed by atoms with Crippen LogP contribution in [0.25, 0.3) is 0 Å². The molecular formula is C15H26O5. The molecule has 0 amide bonds. The summed E-state index contributed by atoms with van der Waals surface area (Å²) >= 11 is 0. The third kappa shape index (κ3) is 9.58. The van der Waals surface area contributed by atoms with Gasteiger partial charge in [0.1, 0.15) is 12.2 Å². The Kier molecular flexibility index (Phi) is 11.8. The van der Waals surface area contributed by atoms with Crippen LogP contribution in [-0.4, -0.2) is 18.4 Å². The average molecular weight is 286 g/mol. The highest BCUT2D eigenvalue weighted by Crippen LogP contribution is 2.08. The normalized spacial score (nSPS) is 14.6. The lowest BCUT2D eigenvalue weighted by Crippen LogP contribution is -2.18. The minimum Gasteiger partial charge on any atom is -0.257 e. The van der Waals surface area contributed by atoms with Crippen molar-refractivity contribution in [3.8, 4) is 0 Å². The Balaban J connectivity index is 4.02. The van der Waals surface area contributed by atoms with Gasteiger partial charge < -0.3 is 0 Å². The van der Waals surface area contributed by atoms with E-state index in [9.17, 15) is 4.79 Å². The summed E-state index contributed by atoms with van der Waals surface area (Å²) in [6.07, 6.45) is 9.15. The van der Waals surface area contributed by atoms with Gasteiger partial charge in [-0.25, -0.2) is 0 Å². The molecule has 2 atom stereocenters. The van der Waals surface area contributed by atoms with Crippen molar-refractivity contribution < 1.29 is 24.3 Å². The molecule has 0 radical (unpaired) electrons. The van der Waals surface area contributed by atoms with Crippen molar-refractivity contribution in [2.24, 2.45) is 0 Å². The minimum absolute atomic E-state index is 0.264. The first kappa shape index (κ1) is 18.7. The molecular weight excluding hydrogens is 260 g/mol. The van der Waals surface area contributed by atoms with E-state index in [2.05, 4.69) is 9.78 Å². The summed E-state index contributed by atoms with van der Waals surface area (Å²) in [6.45, 7) is 7.79. The van der Waals surface area contributed by atoms with Crippen LogP contribution in [0.5, 0.6) is 0 Å².